The van der Waals surface area contributed by atoms with Crippen LogP contribution in [0.2, 0.25) is 10.0 Å². The number of aromatic nitrogens is 4. The van der Waals surface area contributed by atoms with Crippen molar-refractivity contribution in [1.82, 2.24) is 24.8 Å². The molecule has 1 aromatic carbocycles. The molecule has 0 spiro atoms. The average Bonchev–Trinajstić information content (AvgIpc) is 3.08. The lowest BCUT2D eigenvalue weighted by Gasteiger charge is -2.31. The number of piperidine rings is 1. The Kier molecular flexibility index (Phi) is 4.50. The Bertz CT molecular complexity index is 996. The van der Waals surface area contributed by atoms with E-state index < -0.39 is 0 Å². The van der Waals surface area contributed by atoms with Crippen molar-refractivity contribution in [1.29, 1.82) is 5.41 Å². The van der Waals surface area contributed by atoms with Crippen LogP contribution in [0.3, 0.4) is 0 Å². The molecule has 0 bridgehead atoms. The van der Waals surface area contributed by atoms with Gasteiger partial charge < -0.3 is 14.9 Å². The van der Waals surface area contributed by atoms with Crippen molar-refractivity contribution in [2.45, 2.75) is 31.7 Å². The summed E-state index contributed by atoms with van der Waals surface area (Å²) in [6, 6.07) is 5.46. The molecule has 3 N–H and O–H groups in total. The number of nitrogens with zero attached hydrogens (tertiary/aromatic N) is 3. The molecular weight excluding hydrogens is 371 g/mol. The summed E-state index contributed by atoms with van der Waals surface area (Å²) in [7, 11) is 0. The topological polar surface area (TPSA) is 82.4 Å². The van der Waals surface area contributed by atoms with E-state index in [0.717, 1.165) is 37.3 Å². The van der Waals surface area contributed by atoms with Gasteiger partial charge in [-0.15, -0.1) is 0 Å². The number of halogens is 2. The number of rotatable bonds is 3. The van der Waals surface area contributed by atoms with E-state index in [-0.39, 0.29) is 10.9 Å². The van der Waals surface area contributed by atoms with Gasteiger partial charge >= 0.3 is 0 Å². The Labute approximate surface area is 161 Å². The van der Waals surface area contributed by atoms with E-state index in [2.05, 4.69) is 22.2 Å². The van der Waals surface area contributed by atoms with E-state index in [1.807, 2.05) is 22.8 Å². The third-order valence-corrected chi connectivity index (χ3v) is 5.90. The normalized spacial score (nSPS) is 16.9. The molecule has 0 atom stereocenters. The maximum Gasteiger partial charge on any atom is 0.173 e. The van der Waals surface area contributed by atoms with Crippen LogP contribution >= 0.6 is 23.2 Å². The number of nitrogens with one attached hydrogen (secondary N) is 3. The Morgan fingerprint density at radius 2 is 1.92 bits per heavy atom. The summed E-state index contributed by atoms with van der Waals surface area (Å²) < 4.78 is 1.89. The minimum absolute atomic E-state index is 0.0312. The largest absolute Gasteiger partial charge is 0.337 e. The van der Waals surface area contributed by atoms with Gasteiger partial charge in [-0.1, -0.05) is 36.2 Å². The third kappa shape index (κ3) is 3.02. The molecule has 0 saturated carbocycles. The van der Waals surface area contributed by atoms with Crippen LogP contribution in [-0.2, 0) is 12.0 Å². The number of hydrogen-bond donors (Lipinski definition) is 3. The van der Waals surface area contributed by atoms with Gasteiger partial charge in [0.1, 0.15) is 11.3 Å². The minimum Gasteiger partial charge on any atom is -0.337 e. The van der Waals surface area contributed by atoms with Crippen LogP contribution in [0.5, 0.6) is 0 Å². The lowest BCUT2D eigenvalue weighted by Crippen LogP contribution is -2.38. The van der Waals surface area contributed by atoms with Crippen LogP contribution in [0.1, 0.15) is 31.2 Å². The summed E-state index contributed by atoms with van der Waals surface area (Å²) in [5.74, 6) is 0.912. The molecular formula is C18H20Cl2N6. The number of fused-ring (bicyclic) bond motifs is 1. The second kappa shape index (κ2) is 6.68. The second-order valence-electron chi connectivity index (χ2n) is 7.02. The highest BCUT2D eigenvalue weighted by molar-refractivity contribution is 6.36. The van der Waals surface area contributed by atoms with Crippen LogP contribution in [0.15, 0.2) is 24.5 Å². The summed E-state index contributed by atoms with van der Waals surface area (Å²) >= 11 is 12.6. The highest BCUT2D eigenvalue weighted by atomic mass is 35.5. The molecule has 26 heavy (non-hydrogen) atoms. The van der Waals surface area contributed by atoms with Gasteiger partial charge in [-0.05, 0) is 38.1 Å². The highest BCUT2D eigenvalue weighted by Crippen LogP contribution is 2.32. The summed E-state index contributed by atoms with van der Waals surface area (Å²) in [4.78, 5) is 12.4. The molecule has 2 aromatic heterocycles. The molecule has 0 amide bonds. The molecule has 0 aliphatic carbocycles. The van der Waals surface area contributed by atoms with Crippen molar-refractivity contribution in [3.05, 3.63) is 51.4 Å². The van der Waals surface area contributed by atoms with Crippen LogP contribution in [0.25, 0.3) is 11.2 Å². The molecule has 1 aliphatic heterocycles. The fraction of sp³-hybridized carbons (Fsp3) is 0.389. The van der Waals surface area contributed by atoms with E-state index in [0.29, 0.717) is 27.8 Å². The first kappa shape index (κ1) is 17.5. The van der Waals surface area contributed by atoms with Gasteiger partial charge in [-0.3, -0.25) is 5.41 Å². The van der Waals surface area contributed by atoms with Crippen molar-refractivity contribution >= 4 is 34.4 Å². The van der Waals surface area contributed by atoms with Gasteiger partial charge in [-0.2, -0.15) is 0 Å². The molecule has 3 aromatic rings. The molecule has 6 nitrogen and oxygen atoms in total. The lowest BCUT2D eigenvalue weighted by atomic mass is 9.80. The van der Waals surface area contributed by atoms with Crippen LogP contribution in [-0.4, -0.2) is 32.6 Å². The second-order valence-corrected chi connectivity index (χ2v) is 7.83. The van der Waals surface area contributed by atoms with Crippen molar-refractivity contribution < 1.29 is 0 Å². The maximum atomic E-state index is 8.16. The molecule has 4 rings (SSSR count). The standard InChI is InChI=1S/C18H20Cl2N6/c1-18(5-7-22-8-6-18)17-24-14-15(21)23-10-26(16(14)25-17)9-11-12(19)3-2-4-13(11)20/h2-4,10,21-22H,5-9H2,1H3,(H,24,25). The molecule has 8 heteroatoms. The summed E-state index contributed by atoms with van der Waals surface area (Å²) in [6.07, 6.45) is 3.63. The van der Waals surface area contributed by atoms with Gasteiger partial charge in [0.05, 0.1) is 12.9 Å². The number of hydrogen-bond acceptors (Lipinski definition) is 4. The molecule has 1 aliphatic rings. The van der Waals surface area contributed by atoms with Gasteiger partial charge in [0.25, 0.3) is 0 Å². The number of imidazole rings is 1. The van der Waals surface area contributed by atoms with Crippen LogP contribution in [0, 0.1) is 5.41 Å². The molecule has 3 heterocycles. The summed E-state index contributed by atoms with van der Waals surface area (Å²) in [6.45, 7) is 4.60. The molecule has 0 unspecified atom stereocenters. The first-order chi connectivity index (χ1) is 12.5. The molecule has 1 saturated heterocycles. The summed E-state index contributed by atoms with van der Waals surface area (Å²) in [5.41, 5.74) is 2.33. The third-order valence-electron chi connectivity index (χ3n) is 5.19. The Hall–Kier alpha value is -1.89. The van der Waals surface area contributed by atoms with Crippen molar-refractivity contribution in [3.8, 4) is 0 Å². The molecule has 1 fully saturated rings. The summed E-state index contributed by atoms with van der Waals surface area (Å²) in [5, 5.41) is 12.8. The maximum absolute atomic E-state index is 8.16. The van der Waals surface area contributed by atoms with E-state index in [1.54, 1.807) is 6.33 Å². The average molecular weight is 391 g/mol. The Balaban J connectivity index is 1.81. The van der Waals surface area contributed by atoms with E-state index in [4.69, 9.17) is 33.6 Å². The first-order valence-electron chi connectivity index (χ1n) is 8.62. The van der Waals surface area contributed by atoms with E-state index in [1.165, 1.54) is 0 Å². The van der Waals surface area contributed by atoms with E-state index >= 15 is 0 Å². The monoisotopic (exact) mass is 390 g/mol. The van der Waals surface area contributed by atoms with Crippen molar-refractivity contribution in [3.63, 3.8) is 0 Å². The zero-order valence-electron chi connectivity index (χ0n) is 14.4. The van der Waals surface area contributed by atoms with Gasteiger partial charge in [0.2, 0.25) is 0 Å². The predicted molar refractivity (Wildman–Crippen MR) is 103 cm³/mol. The SMILES string of the molecule is CC1(c2nc3c([nH]2)c(=N)ncn3Cc2c(Cl)cccc2Cl)CCNCC1. The predicted octanol–water partition coefficient (Wildman–Crippen LogP) is 3.24. The minimum atomic E-state index is -0.0312. The number of benzene rings is 1. The first-order valence-corrected chi connectivity index (χ1v) is 9.37. The van der Waals surface area contributed by atoms with Gasteiger partial charge in [0.15, 0.2) is 11.1 Å². The number of aromatic amines is 1. The molecule has 136 valence electrons. The highest BCUT2D eigenvalue weighted by Gasteiger charge is 2.32. The van der Waals surface area contributed by atoms with Gasteiger partial charge in [0, 0.05) is 21.0 Å². The zero-order valence-corrected chi connectivity index (χ0v) is 16.0. The lowest BCUT2D eigenvalue weighted by molar-refractivity contribution is 0.321. The Morgan fingerprint density at radius 3 is 2.62 bits per heavy atom. The van der Waals surface area contributed by atoms with Gasteiger partial charge in [-0.25, -0.2) is 9.97 Å². The molecule has 0 radical (unpaired) electrons. The van der Waals surface area contributed by atoms with Crippen molar-refractivity contribution in [2.24, 2.45) is 0 Å². The number of H-pyrrole nitrogens is 1. The van der Waals surface area contributed by atoms with Crippen LogP contribution in [0.4, 0.5) is 0 Å². The van der Waals surface area contributed by atoms with Crippen LogP contribution < -0.4 is 10.8 Å². The quantitative estimate of drug-likeness (QED) is 0.641. The van der Waals surface area contributed by atoms with E-state index in [9.17, 15) is 0 Å². The fourth-order valence-electron chi connectivity index (χ4n) is 3.45. The fourth-order valence-corrected chi connectivity index (χ4v) is 3.97. The zero-order chi connectivity index (χ0) is 18.3. The van der Waals surface area contributed by atoms with Crippen molar-refractivity contribution in [2.75, 3.05) is 13.1 Å². The Morgan fingerprint density at radius 1 is 1.23 bits per heavy atom. The smallest absolute Gasteiger partial charge is 0.173 e.